The van der Waals surface area contributed by atoms with Gasteiger partial charge in [0.05, 0.1) is 0 Å². The largest absolute Gasteiger partial charge is 0.320 e. The quantitative estimate of drug-likeness (QED) is 0.931. The molecule has 6 heteroatoms. The maximum absolute atomic E-state index is 13.1. The van der Waals surface area contributed by atoms with Gasteiger partial charge in [0.2, 0.25) is 0 Å². The van der Waals surface area contributed by atoms with Crippen LogP contribution in [0.1, 0.15) is 18.4 Å². The molecule has 1 aromatic rings. The van der Waals surface area contributed by atoms with Crippen LogP contribution in [0.15, 0.2) is 18.2 Å². The Morgan fingerprint density at radius 3 is 2.76 bits per heavy atom. The molecule has 0 spiro atoms. The van der Waals surface area contributed by atoms with Gasteiger partial charge in [0.1, 0.15) is 5.82 Å². The van der Waals surface area contributed by atoms with Crippen molar-refractivity contribution < 1.29 is 9.18 Å². The van der Waals surface area contributed by atoms with Crippen LogP contribution in [0.2, 0.25) is 5.02 Å². The van der Waals surface area contributed by atoms with Crippen LogP contribution < -0.4 is 5.32 Å². The number of urea groups is 1. The summed E-state index contributed by atoms with van der Waals surface area (Å²) in [5.74, 6) is -0.354. The van der Waals surface area contributed by atoms with E-state index in [1.54, 1.807) is 11.0 Å². The molecule has 21 heavy (non-hydrogen) atoms. The Balaban J connectivity index is 1.66. The fraction of sp³-hybridized carbons (Fsp3) is 0.533. The molecule has 1 aromatic carbocycles. The van der Waals surface area contributed by atoms with Crippen LogP contribution in [0.4, 0.5) is 9.18 Å². The van der Waals surface area contributed by atoms with Gasteiger partial charge in [-0.05, 0) is 43.6 Å². The number of hydrogen-bond acceptors (Lipinski definition) is 2. The van der Waals surface area contributed by atoms with Crippen LogP contribution in [0.3, 0.4) is 0 Å². The van der Waals surface area contributed by atoms with E-state index in [2.05, 4.69) is 5.32 Å². The standard InChI is InChI=1S/C15H19ClFN3O/c16-14-9-12(17)2-1-11(14)10-19-7-8-20(15(19)21)13-3-5-18-6-4-13/h1-2,9,13,18H,3-8,10H2. The molecule has 0 aromatic heterocycles. The average molecular weight is 312 g/mol. The molecular formula is C15H19ClFN3O. The van der Waals surface area contributed by atoms with Crippen LogP contribution in [0, 0.1) is 5.82 Å². The lowest BCUT2D eigenvalue weighted by molar-refractivity contribution is 0.165. The first-order valence-electron chi connectivity index (χ1n) is 7.35. The summed E-state index contributed by atoms with van der Waals surface area (Å²) < 4.78 is 13.1. The predicted octanol–water partition coefficient (Wildman–Crippen LogP) is 2.47. The van der Waals surface area contributed by atoms with Crippen LogP contribution in [-0.2, 0) is 6.54 Å². The number of nitrogens with one attached hydrogen (secondary N) is 1. The highest BCUT2D eigenvalue weighted by Gasteiger charge is 2.34. The first kappa shape index (κ1) is 14.6. The van der Waals surface area contributed by atoms with E-state index < -0.39 is 0 Å². The molecule has 4 nitrogen and oxygen atoms in total. The van der Waals surface area contributed by atoms with E-state index in [1.807, 2.05) is 4.90 Å². The molecule has 0 bridgehead atoms. The molecule has 2 fully saturated rings. The summed E-state index contributed by atoms with van der Waals surface area (Å²) in [4.78, 5) is 16.3. The molecule has 2 aliphatic heterocycles. The summed E-state index contributed by atoms with van der Waals surface area (Å²) in [6.45, 7) is 3.86. The Kier molecular flexibility index (Phi) is 4.31. The van der Waals surface area contributed by atoms with Gasteiger partial charge in [-0.3, -0.25) is 0 Å². The van der Waals surface area contributed by atoms with Crippen LogP contribution >= 0.6 is 11.6 Å². The maximum atomic E-state index is 13.1. The minimum absolute atomic E-state index is 0.0716. The highest BCUT2D eigenvalue weighted by molar-refractivity contribution is 6.31. The Bertz CT molecular complexity index is 534. The van der Waals surface area contributed by atoms with Gasteiger partial charge in [0.25, 0.3) is 0 Å². The minimum Gasteiger partial charge on any atom is -0.320 e. The number of halogens is 2. The summed E-state index contributed by atoms with van der Waals surface area (Å²) >= 11 is 6.04. The lowest BCUT2D eigenvalue weighted by Gasteiger charge is -2.31. The van der Waals surface area contributed by atoms with Gasteiger partial charge in [0, 0.05) is 30.7 Å². The monoisotopic (exact) mass is 311 g/mol. The third-order valence-corrected chi connectivity index (χ3v) is 4.60. The van der Waals surface area contributed by atoms with Gasteiger partial charge < -0.3 is 15.1 Å². The SMILES string of the molecule is O=C1N(Cc2ccc(F)cc2Cl)CCN1C1CCNCC1. The molecule has 2 saturated heterocycles. The number of carbonyl (C=O) groups is 1. The van der Waals surface area contributed by atoms with Crippen molar-refractivity contribution >= 4 is 17.6 Å². The lowest BCUT2D eigenvalue weighted by Crippen LogP contribution is -2.45. The summed E-state index contributed by atoms with van der Waals surface area (Å²) in [7, 11) is 0. The number of carbonyl (C=O) groups excluding carboxylic acids is 1. The summed E-state index contributed by atoms with van der Waals surface area (Å²) in [6, 6.07) is 4.74. The molecule has 3 rings (SSSR count). The fourth-order valence-corrected chi connectivity index (χ4v) is 3.29. The van der Waals surface area contributed by atoms with E-state index in [9.17, 15) is 9.18 Å². The molecular weight excluding hydrogens is 293 g/mol. The van der Waals surface area contributed by atoms with Crippen LogP contribution in [0.25, 0.3) is 0 Å². The Morgan fingerprint density at radius 2 is 2.05 bits per heavy atom. The van der Waals surface area contributed by atoms with Crippen molar-refractivity contribution in [3.8, 4) is 0 Å². The predicted molar refractivity (Wildman–Crippen MR) is 79.8 cm³/mol. The molecule has 0 atom stereocenters. The molecule has 2 heterocycles. The van der Waals surface area contributed by atoms with Crippen molar-refractivity contribution in [3.63, 3.8) is 0 Å². The van der Waals surface area contributed by atoms with Crippen molar-refractivity contribution in [3.05, 3.63) is 34.6 Å². The van der Waals surface area contributed by atoms with E-state index in [0.29, 0.717) is 24.2 Å². The molecule has 1 N–H and O–H groups in total. The zero-order chi connectivity index (χ0) is 14.8. The molecule has 2 aliphatic rings. The molecule has 2 amide bonds. The second kappa shape index (κ2) is 6.20. The van der Waals surface area contributed by atoms with Gasteiger partial charge >= 0.3 is 6.03 Å². The van der Waals surface area contributed by atoms with Gasteiger partial charge in [-0.15, -0.1) is 0 Å². The average Bonchev–Trinajstić information content (AvgIpc) is 2.84. The number of benzene rings is 1. The van der Waals surface area contributed by atoms with Gasteiger partial charge in [-0.1, -0.05) is 17.7 Å². The van der Waals surface area contributed by atoms with Crippen molar-refractivity contribution in [1.29, 1.82) is 0 Å². The van der Waals surface area contributed by atoms with Crippen molar-refractivity contribution in [2.45, 2.75) is 25.4 Å². The number of piperidine rings is 1. The molecule has 114 valence electrons. The van der Waals surface area contributed by atoms with Crippen molar-refractivity contribution in [1.82, 2.24) is 15.1 Å². The Labute approximate surface area is 128 Å². The second-order valence-corrected chi connectivity index (χ2v) is 6.02. The van der Waals surface area contributed by atoms with E-state index in [1.165, 1.54) is 12.1 Å². The minimum atomic E-state index is -0.354. The molecule has 0 unspecified atom stereocenters. The number of rotatable bonds is 3. The number of hydrogen-bond donors (Lipinski definition) is 1. The highest BCUT2D eigenvalue weighted by atomic mass is 35.5. The summed E-state index contributed by atoms with van der Waals surface area (Å²) in [6.07, 6.45) is 2.02. The molecule has 0 aliphatic carbocycles. The second-order valence-electron chi connectivity index (χ2n) is 5.61. The first-order valence-corrected chi connectivity index (χ1v) is 7.73. The van der Waals surface area contributed by atoms with E-state index in [-0.39, 0.29) is 11.8 Å². The maximum Gasteiger partial charge on any atom is 0.320 e. The van der Waals surface area contributed by atoms with E-state index >= 15 is 0 Å². The molecule has 0 saturated carbocycles. The zero-order valence-corrected chi connectivity index (χ0v) is 12.6. The zero-order valence-electron chi connectivity index (χ0n) is 11.8. The van der Waals surface area contributed by atoms with Gasteiger partial charge in [-0.2, -0.15) is 0 Å². The fourth-order valence-electron chi connectivity index (χ4n) is 3.06. The van der Waals surface area contributed by atoms with Crippen LogP contribution in [-0.4, -0.2) is 48.1 Å². The van der Waals surface area contributed by atoms with Gasteiger partial charge in [-0.25, -0.2) is 9.18 Å². The third-order valence-electron chi connectivity index (χ3n) is 4.25. The van der Waals surface area contributed by atoms with Crippen molar-refractivity contribution in [2.24, 2.45) is 0 Å². The molecule has 0 radical (unpaired) electrons. The third kappa shape index (κ3) is 3.14. The summed E-state index contributed by atoms with van der Waals surface area (Å²) in [5.41, 5.74) is 0.790. The number of amides is 2. The Hall–Kier alpha value is -1.33. The Morgan fingerprint density at radius 1 is 1.29 bits per heavy atom. The number of nitrogens with zero attached hydrogens (tertiary/aromatic N) is 2. The summed E-state index contributed by atoms with van der Waals surface area (Å²) in [5, 5.41) is 3.69. The normalized spacial score (nSPS) is 20.4. The van der Waals surface area contributed by atoms with Crippen LogP contribution in [0.5, 0.6) is 0 Å². The van der Waals surface area contributed by atoms with Gasteiger partial charge in [0.15, 0.2) is 0 Å². The van der Waals surface area contributed by atoms with E-state index in [0.717, 1.165) is 38.0 Å². The first-order chi connectivity index (χ1) is 10.1. The smallest absolute Gasteiger partial charge is 0.320 e. The lowest BCUT2D eigenvalue weighted by atomic mass is 10.1. The topological polar surface area (TPSA) is 35.6 Å². The van der Waals surface area contributed by atoms with E-state index in [4.69, 9.17) is 11.6 Å². The van der Waals surface area contributed by atoms with Crippen molar-refractivity contribution in [2.75, 3.05) is 26.2 Å². The highest BCUT2D eigenvalue weighted by Crippen LogP contribution is 2.23.